The van der Waals surface area contributed by atoms with Crippen LogP contribution in [-0.2, 0) is 4.79 Å². The molecule has 1 aromatic rings. The zero-order valence-electron chi connectivity index (χ0n) is 11.1. The Bertz CT molecular complexity index is 706. The Morgan fingerprint density at radius 1 is 1.24 bits per heavy atom. The maximum Gasteiger partial charge on any atom is 0.325 e. The van der Waals surface area contributed by atoms with Crippen LogP contribution in [0.25, 0.3) is 0 Å². The number of hydrogen-bond donors (Lipinski definition) is 4. The Hall–Kier alpha value is -2.38. The Morgan fingerprint density at radius 2 is 1.95 bits per heavy atom. The van der Waals surface area contributed by atoms with E-state index in [1.165, 1.54) is 0 Å². The summed E-state index contributed by atoms with van der Waals surface area (Å²) in [5.74, 6) is -1.94. The van der Waals surface area contributed by atoms with Crippen molar-refractivity contribution >= 4 is 11.9 Å². The third-order valence-electron chi connectivity index (χ3n) is 4.56. The molecule has 8 nitrogen and oxygen atoms in total. The lowest BCUT2D eigenvalue weighted by atomic mass is 9.84. The molecule has 2 aliphatic carbocycles. The molecule has 4 unspecified atom stereocenters. The van der Waals surface area contributed by atoms with E-state index in [0.717, 1.165) is 25.5 Å². The number of aliphatic carboxylic acids is 1. The second-order valence-corrected chi connectivity index (χ2v) is 5.68. The number of carboxylic acids is 1. The number of aromatic nitrogens is 2. The molecule has 8 heteroatoms. The van der Waals surface area contributed by atoms with E-state index in [-0.39, 0.29) is 17.4 Å². The van der Waals surface area contributed by atoms with Crippen molar-refractivity contribution in [3.8, 4) is 0 Å². The number of rotatable bonds is 3. The molecule has 0 aliphatic heterocycles. The van der Waals surface area contributed by atoms with Gasteiger partial charge in [0, 0.05) is 12.2 Å². The molecule has 0 radical (unpaired) electrons. The van der Waals surface area contributed by atoms with Crippen LogP contribution in [0.1, 0.15) is 29.6 Å². The largest absolute Gasteiger partial charge is 0.481 e. The maximum atomic E-state index is 12.1. The minimum Gasteiger partial charge on any atom is -0.481 e. The van der Waals surface area contributed by atoms with Crippen LogP contribution < -0.4 is 16.6 Å². The number of carbonyl (C=O) groups excluding carboxylic acids is 1. The molecule has 1 amide bonds. The molecular weight excluding hydrogens is 278 g/mol. The van der Waals surface area contributed by atoms with Crippen LogP contribution >= 0.6 is 0 Å². The second kappa shape index (κ2) is 4.87. The fourth-order valence-electron chi connectivity index (χ4n) is 3.66. The van der Waals surface area contributed by atoms with Gasteiger partial charge in [0.25, 0.3) is 11.5 Å². The molecule has 112 valence electrons. The van der Waals surface area contributed by atoms with Crippen LogP contribution in [0, 0.1) is 17.8 Å². The minimum atomic E-state index is -0.914. The van der Waals surface area contributed by atoms with Gasteiger partial charge in [-0.2, -0.15) is 0 Å². The molecule has 2 fully saturated rings. The van der Waals surface area contributed by atoms with Crippen LogP contribution in [0.2, 0.25) is 0 Å². The molecule has 0 aromatic carbocycles. The van der Waals surface area contributed by atoms with E-state index >= 15 is 0 Å². The van der Waals surface area contributed by atoms with Crippen molar-refractivity contribution in [2.45, 2.75) is 25.3 Å². The van der Waals surface area contributed by atoms with E-state index in [4.69, 9.17) is 0 Å². The van der Waals surface area contributed by atoms with Gasteiger partial charge >= 0.3 is 11.7 Å². The molecule has 1 heterocycles. The summed E-state index contributed by atoms with van der Waals surface area (Å²) in [5, 5.41) is 12.0. The maximum absolute atomic E-state index is 12.1. The number of carbonyl (C=O) groups is 2. The molecular formula is C13H15N3O5. The van der Waals surface area contributed by atoms with E-state index in [9.17, 15) is 24.3 Å². The molecule has 2 bridgehead atoms. The highest BCUT2D eigenvalue weighted by molar-refractivity contribution is 5.94. The smallest absolute Gasteiger partial charge is 0.325 e. The van der Waals surface area contributed by atoms with Crippen molar-refractivity contribution in [3.05, 3.63) is 32.6 Å². The summed E-state index contributed by atoms with van der Waals surface area (Å²) >= 11 is 0. The van der Waals surface area contributed by atoms with Crippen LogP contribution in [-0.4, -0.2) is 33.0 Å². The van der Waals surface area contributed by atoms with Gasteiger partial charge in [0.1, 0.15) is 5.56 Å². The summed E-state index contributed by atoms with van der Waals surface area (Å²) < 4.78 is 0. The molecule has 2 saturated carbocycles. The summed E-state index contributed by atoms with van der Waals surface area (Å²) in [6.07, 6.45) is 3.60. The predicted molar refractivity (Wildman–Crippen MR) is 70.9 cm³/mol. The van der Waals surface area contributed by atoms with Gasteiger partial charge in [-0.15, -0.1) is 0 Å². The first-order valence-corrected chi connectivity index (χ1v) is 6.83. The highest BCUT2D eigenvalue weighted by Crippen LogP contribution is 2.48. The Labute approximate surface area is 118 Å². The standard InChI is InChI=1S/C13H15N3O5/c17-10(7-4-14-13(21)16-11(7)18)15-9-6-2-1-5(3-6)8(9)12(19)20/h4-6,8-9H,1-3H2,(H,15,17)(H,19,20)(H2,14,16,18,21). The Kier molecular flexibility index (Phi) is 3.15. The molecule has 0 saturated heterocycles. The van der Waals surface area contributed by atoms with Gasteiger partial charge in [-0.3, -0.25) is 19.4 Å². The number of hydrogen-bond acceptors (Lipinski definition) is 4. The zero-order chi connectivity index (χ0) is 15.1. The van der Waals surface area contributed by atoms with Gasteiger partial charge in [0.05, 0.1) is 5.92 Å². The SMILES string of the molecule is O=C(NC1C2CCC(C2)C1C(=O)O)c1c[nH]c(=O)[nH]c1=O. The van der Waals surface area contributed by atoms with E-state index < -0.39 is 35.1 Å². The summed E-state index contributed by atoms with van der Waals surface area (Å²) in [5.41, 5.74) is -1.70. The predicted octanol–water partition coefficient (Wildman–Crippen LogP) is -0.708. The summed E-state index contributed by atoms with van der Waals surface area (Å²) in [6, 6.07) is -0.458. The lowest BCUT2D eigenvalue weighted by Gasteiger charge is -2.28. The third-order valence-corrected chi connectivity index (χ3v) is 4.56. The van der Waals surface area contributed by atoms with Crippen LogP contribution in [0.15, 0.2) is 15.8 Å². The normalized spacial score (nSPS) is 30.3. The van der Waals surface area contributed by atoms with Crippen LogP contribution in [0.3, 0.4) is 0 Å². The van der Waals surface area contributed by atoms with Crippen molar-refractivity contribution in [2.24, 2.45) is 17.8 Å². The zero-order valence-corrected chi connectivity index (χ0v) is 11.1. The molecule has 1 aromatic heterocycles. The van der Waals surface area contributed by atoms with Crippen molar-refractivity contribution < 1.29 is 14.7 Å². The second-order valence-electron chi connectivity index (χ2n) is 5.68. The fraction of sp³-hybridized carbons (Fsp3) is 0.538. The van der Waals surface area contributed by atoms with E-state index in [1.807, 2.05) is 4.98 Å². The number of fused-ring (bicyclic) bond motifs is 2. The fourth-order valence-corrected chi connectivity index (χ4v) is 3.66. The van der Waals surface area contributed by atoms with Gasteiger partial charge < -0.3 is 15.4 Å². The van der Waals surface area contributed by atoms with Gasteiger partial charge in [0.2, 0.25) is 0 Å². The first-order valence-electron chi connectivity index (χ1n) is 6.83. The summed E-state index contributed by atoms with van der Waals surface area (Å²) in [4.78, 5) is 50.2. The lowest BCUT2D eigenvalue weighted by Crippen LogP contribution is -2.48. The van der Waals surface area contributed by atoms with Crippen molar-refractivity contribution in [1.82, 2.24) is 15.3 Å². The third kappa shape index (κ3) is 2.26. The highest BCUT2D eigenvalue weighted by atomic mass is 16.4. The number of carboxylic acid groups (broad SMARTS) is 1. The van der Waals surface area contributed by atoms with Gasteiger partial charge in [-0.25, -0.2) is 4.79 Å². The number of aromatic amines is 2. The minimum absolute atomic E-state index is 0.0895. The Balaban J connectivity index is 1.82. The summed E-state index contributed by atoms with van der Waals surface area (Å²) in [6.45, 7) is 0. The number of nitrogens with one attached hydrogen (secondary N) is 3. The quantitative estimate of drug-likeness (QED) is 0.584. The van der Waals surface area contributed by atoms with Crippen molar-refractivity contribution in [2.75, 3.05) is 0 Å². The summed E-state index contributed by atoms with van der Waals surface area (Å²) in [7, 11) is 0. The topological polar surface area (TPSA) is 132 Å². The Morgan fingerprint density at radius 3 is 2.62 bits per heavy atom. The van der Waals surface area contributed by atoms with Crippen LogP contribution in [0.5, 0.6) is 0 Å². The van der Waals surface area contributed by atoms with Crippen LogP contribution in [0.4, 0.5) is 0 Å². The average molecular weight is 293 g/mol. The van der Waals surface area contributed by atoms with Gasteiger partial charge in [-0.1, -0.05) is 0 Å². The van der Waals surface area contributed by atoms with Crippen molar-refractivity contribution in [1.29, 1.82) is 0 Å². The van der Waals surface area contributed by atoms with Gasteiger partial charge in [0.15, 0.2) is 0 Å². The molecule has 3 rings (SSSR count). The first kappa shape index (κ1) is 13.6. The number of H-pyrrole nitrogens is 2. The highest BCUT2D eigenvalue weighted by Gasteiger charge is 2.51. The molecule has 21 heavy (non-hydrogen) atoms. The average Bonchev–Trinajstić information content (AvgIpc) is 2.98. The molecule has 4 N–H and O–H groups in total. The number of amides is 1. The van der Waals surface area contributed by atoms with E-state index in [2.05, 4.69) is 10.3 Å². The van der Waals surface area contributed by atoms with Gasteiger partial charge in [-0.05, 0) is 31.1 Å². The monoisotopic (exact) mass is 293 g/mol. The molecule has 0 spiro atoms. The lowest BCUT2D eigenvalue weighted by molar-refractivity contribution is -0.144. The van der Waals surface area contributed by atoms with E-state index in [0.29, 0.717) is 0 Å². The molecule has 4 atom stereocenters. The van der Waals surface area contributed by atoms with E-state index in [1.54, 1.807) is 0 Å². The first-order chi connectivity index (χ1) is 9.97. The van der Waals surface area contributed by atoms with Crippen molar-refractivity contribution in [3.63, 3.8) is 0 Å². The molecule has 2 aliphatic rings.